The molecule has 1 unspecified atom stereocenters. The number of nitrogens with zero attached hydrogens (tertiary/aromatic N) is 2. The average molecular weight is 460 g/mol. The maximum atomic E-state index is 9.33. The van der Waals surface area contributed by atoms with E-state index in [-0.39, 0.29) is 0 Å². The van der Waals surface area contributed by atoms with Gasteiger partial charge >= 0.3 is 7.12 Å². The SMILES string of the molecule is CC1(C)OB(c2ccc(-c3cnn(PI)c3)cc2OO)OC1(C)C. The van der Waals surface area contributed by atoms with Crippen LogP contribution < -0.4 is 10.4 Å². The van der Waals surface area contributed by atoms with Crippen LogP contribution in [-0.2, 0) is 9.31 Å². The number of rotatable bonds is 4. The van der Waals surface area contributed by atoms with Crippen molar-refractivity contribution in [3.05, 3.63) is 30.6 Å². The van der Waals surface area contributed by atoms with Gasteiger partial charge in [0.05, 0.1) is 23.8 Å². The molecule has 128 valence electrons. The zero-order valence-corrected chi connectivity index (χ0v) is 17.1. The molecule has 1 aliphatic rings. The normalized spacial score (nSPS) is 19.3. The van der Waals surface area contributed by atoms with Crippen molar-refractivity contribution in [1.29, 1.82) is 0 Å². The molecular weight excluding hydrogens is 441 g/mol. The minimum atomic E-state index is -0.593. The highest BCUT2D eigenvalue weighted by Gasteiger charge is 2.52. The lowest BCUT2D eigenvalue weighted by atomic mass is 9.77. The number of halogens is 1. The average Bonchev–Trinajstić information content (AvgIpc) is 3.09. The molecule has 6 nitrogen and oxygen atoms in total. The number of hydrogen-bond acceptors (Lipinski definition) is 5. The second kappa shape index (κ2) is 6.57. The highest BCUT2D eigenvalue weighted by molar-refractivity contribution is 14.2. The summed E-state index contributed by atoms with van der Waals surface area (Å²) in [6, 6.07) is 5.56. The monoisotopic (exact) mass is 460 g/mol. The van der Waals surface area contributed by atoms with E-state index >= 15 is 0 Å². The standard InChI is InChI=1S/C15H19BIN2O4P/c1-14(2)15(3,4)23-16(22-14)12-6-5-10(7-13(12)21-20)11-8-18-19(9-11)24-17/h5-9,20,24H,1-4H3. The van der Waals surface area contributed by atoms with Gasteiger partial charge in [-0.1, -0.05) is 12.1 Å². The van der Waals surface area contributed by atoms with Crippen LogP contribution in [0, 0.1) is 0 Å². The van der Waals surface area contributed by atoms with Gasteiger partial charge in [0, 0.05) is 17.2 Å². The summed E-state index contributed by atoms with van der Waals surface area (Å²) in [5, 5.41) is 13.6. The van der Waals surface area contributed by atoms with Crippen molar-refractivity contribution < 1.29 is 19.5 Å². The van der Waals surface area contributed by atoms with E-state index in [4.69, 9.17) is 9.31 Å². The predicted octanol–water partition coefficient (Wildman–Crippen LogP) is 3.49. The van der Waals surface area contributed by atoms with Crippen LogP contribution in [-0.4, -0.2) is 33.1 Å². The summed E-state index contributed by atoms with van der Waals surface area (Å²) in [7, 11) is -0.593. The molecule has 9 heteroatoms. The summed E-state index contributed by atoms with van der Waals surface area (Å²) in [6.07, 6.45) is 4.28. The van der Waals surface area contributed by atoms with E-state index < -0.39 is 18.3 Å². The number of benzene rings is 1. The van der Waals surface area contributed by atoms with Gasteiger partial charge in [-0.15, -0.1) is 0 Å². The quantitative estimate of drug-likeness (QED) is 0.249. The first kappa shape index (κ1) is 18.1. The van der Waals surface area contributed by atoms with Crippen LogP contribution in [0.15, 0.2) is 30.6 Å². The van der Waals surface area contributed by atoms with Crippen molar-refractivity contribution >= 4 is 41.0 Å². The Morgan fingerprint density at radius 2 is 1.88 bits per heavy atom. The van der Waals surface area contributed by atoms with Crippen LogP contribution >= 0.6 is 28.4 Å². The zero-order valence-electron chi connectivity index (χ0n) is 13.9. The molecule has 1 atom stereocenters. The Kier molecular flexibility index (Phi) is 4.97. The maximum absolute atomic E-state index is 9.33. The molecule has 24 heavy (non-hydrogen) atoms. The van der Waals surface area contributed by atoms with Gasteiger partial charge in [0.1, 0.15) is 0 Å². The van der Waals surface area contributed by atoms with E-state index in [2.05, 4.69) is 32.0 Å². The molecule has 1 fully saturated rings. The fourth-order valence-corrected chi connectivity index (χ4v) is 3.56. The van der Waals surface area contributed by atoms with Gasteiger partial charge in [-0.2, -0.15) is 5.10 Å². The van der Waals surface area contributed by atoms with Crippen LogP contribution in [0.25, 0.3) is 11.1 Å². The molecule has 0 aliphatic carbocycles. The van der Waals surface area contributed by atoms with Crippen molar-refractivity contribution in [3.63, 3.8) is 0 Å². The molecule has 1 aromatic carbocycles. The first-order valence-corrected chi connectivity index (χ1v) is 11.6. The lowest BCUT2D eigenvalue weighted by molar-refractivity contribution is -0.136. The molecular formula is C15H19BIN2O4P. The first-order chi connectivity index (χ1) is 11.3. The van der Waals surface area contributed by atoms with Gasteiger partial charge in [0.15, 0.2) is 5.75 Å². The van der Waals surface area contributed by atoms with Gasteiger partial charge < -0.3 is 14.2 Å². The molecule has 0 amide bonds. The van der Waals surface area contributed by atoms with Crippen molar-refractivity contribution in [2.24, 2.45) is 0 Å². The summed E-state index contributed by atoms with van der Waals surface area (Å²) in [5.74, 6) is 0.315. The molecule has 2 heterocycles. The highest BCUT2D eigenvalue weighted by Crippen LogP contribution is 2.37. The summed E-state index contributed by atoms with van der Waals surface area (Å²) in [5.41, 5.74) is 1.61. The Balaban J connectivity index is 1.93. The zero-order chi connectivity index (χ0) is 17.5. The van der Waals surface area contributed by atoms with E-state index in [1.165, 1.54) is 0 Å². The van der Waals surface area contributed by atoms with Crippen LogP contribution in [0.1, 0.15) is 27.7 Å². The summed E-state index contributed by atoms with van der Waals surface area (Å²) < 4.78 is 13.9. The molecule has 0 saturated carbocycles. The predicted molar refractivity (Wildman–Crippen MR) is 104 cm³/mol. The Hall–Kier alpha value is -0.665. The summed E-state index contributed by atoms with van der Waals surface area (Å²) in [4.78, 5) is 4.60. The molecule has 0 bridgehead atoms. The topological polar surface area (TPSA) is 65.7 Å². The van der Waals surface area contributed by atoms with Crippen molar-refractivity contribution in [2.75, 3.05) is 0 Å². The Morgan fingerprint density at radius 3 is 2.42 bits per heavy atom. The molecule has 1 N–H and O–H groups in total. The molecule has 1 aromatic heterocycles. The van der Waals surface area contributed by atoms with Gasteiger partial charge in [-0.25, -0.2) is 9.71 Å². The minimum absolute atomic E-state index is 0.315. The van der Waals surface area contributed by atoms with E-state index in [9.17, 15) is 5.26 Å². The largest absolute Gasteiger partial charge is 0.498 e. The maximum Gasteiger partial charge on any atom is 0.498 e. The van der Waals surface area contributed by atoms with E-state index in [0.29, 0.717) is 17.6 Å². The van der Waals surface area contributed by atoms with Crippen molar-refractivity contribution in [3.8, 4) is 16.9 Å². The molecule has 2 aromatic rings. The van der Waals surface area contributed by atoms with Gasteiger partial charge in [-0.05, 0) is 61.4 Å². The van der Waals surface area contributed by atoms with E-state index in [1.807, 2.05) is 50.5 Å². The van der Waals surface area contributed by atoms with Crippen molar-refractivity contribution in [1.82, 2.24) is 9.55 Å². The minimum Gasteiger partial charge on any atom is -0.399 e. The highest BCUT2D eigenvalue weighted by atomic mass is 127. The third-order valence-electron chi connectivity index (χ3n) is 4.62. The fraction of sp³-hybridized carbons (Fsp3) is 0.400. The smallest absolute Gasteiger partial charge is 0.399 e. The van der Waals surface area contributed by atoms with Crippen LogP contribution in [0.4, 0.5) is 0 Å². The number of hydrogen-bond donors (Lipinski definition) is 1. The van der Waals surface area contributed by atoms with Crippen molar-refractivity contribution in [2.45, 2.75) is 38.9 Å². The van der Waals surface area contributed by atoms with E-state index in [0.717, 1.165) is 11.1 Å². The molecule has 1 aliphatic heterocycles. The van der Waals surface area contributed by atoms with Gasteiger partial charge in [-0.3, -0.25) is 0 Å². The fourth-order valence-electron chi connectivity index (χ4n) is 2.48. The molecule has 0 radical (unpaired) electrons. The summed E-state index contributed by atoms with van der Waals surface area (Å²) >= 11 is 2.27. The third kappa shape index (κ3) is 3.22. The number of aromatic nitrogens is 2. The van der Waals surface area contributed by atoms with Crippen LogP contribution in [0.2, 0.25) is 0 Å². The Morgan fingerprint density at radius 1 is 1.21 bits per heavy atom. The molecule has 3 rings (SSSR count). The molecule has 0 spiro atoms. The van der Waals surface area contributed by atoms with Crippen LogP contribution in [0.5, 0.6) is 5.75 Å². The lowest BCUT2D eigenvalue weighted by Crippen LogP contribution is -2.41. The third-order valence-corrected chi connectivity index (χ3v) is 6.52. The summed E-state index contributed by atoms with van der Waals surface area (Å²) in [6.45, 7) is 7.94. The first-order valence-electron chi connectivity index (χ1n) is 7.50. The van der Waals surface area contributed by atoms with Gasteiger partial charge in [0.25, 0.3) is 0 Å². The van der Waals surface area contributed by atoms with E-state index in [1.54, 1.807) is 12.3 Å². The molecule has 1 saturated heterocycles. The van der Waals surface area contributed by atoms with Crippen LogP contribution in [0.3, 0.4) is 0 Å². The second-order valence-corrected chi connectivity index (χ2v) is 8.76. The second-order valence-electron chi connectivity index (χ2n) is 6.69. The Bertz CT molecular complexity index is 737. The van der Waals surface area contributed by atoms with Gasteiger partial charge in [0.2, 0.25) is 0 Å². The lowest BCUT2D eigenvalue weighted by Gasteiger charge is -2.32. The Labute approximate surface area is 156 Å².